The number of carboxylic acids is 1. The number of carbonyl (C=O) groups is 2. The fourth-order valence-corrected chi connectivity index (χ4v) is 4.26. The summed E-state index contributed by atoms with van der Waals surface area (Å²) in [4.78, 5) is 32.3. The number of aliphatic carboxylic acids is 1. The third kappa shape index (κ3) is 4.43. The Kier molecular flexibility index (Phi) is 6.36. The monoisotopic (exact) mass is 377 g/mol. The molecule has 8 nitrogen and oxygen atoms in total. The number of piperidine rings is 1. The highest BCUT2D eigenvalue weighted by atomic mass is 16.4. The first-order chi connectivity index (χ1) is 13.0. The molecule has 27 heavy (non-hydrogen) atoms. The fraction of sp³-hybridized carbons (Fsp3) is 0.737. The van der Waals surface area contributed by atoms with Crippen molar-refractivity contribution in [2.24, 2.45) is 0 Å². The molecular formula is C19H31N5O3. The van der Waals surface area contributed by atoms with Crippen LogP contribution in [0.15, 0.2) is 12.4 Å². The van der Waals surface area contributed by atoms with Crippen molar-refractivity contribution < 1.29 is 14.7 Å². The zero-order valence-electron chi connectivity index (χ0n) is 16.3. The Hall–Kier alpha value is -2.09. The van der Waals surface area contributed by atoms with Crippen LogP contribution in [0.25, 0.3) is 0 Å². The van der Waals surface area contributed by atoms with Crippen LogP contribution >= 0.6 is 0 Å². The summed E-state index contributed by atoms with van der Waals surface area (Å²) in [5, 5.41) is 12.2. The number of aryl methyl sites for hydroxylation is 1. The van der Waals surface area contributed by atoms with Crippen molar-refractivity contribution in [2.45, 2.75) is 70.6 Å². The number of hydrogen-bond acceptors (Lipinski definition) is 4. The number of likely N-dealkylation sites (tertiary alicyclic amines) is 1. The summed E-state index contributed by atoms with van der Waals surface area (Å²) in [7, 11) is 0. The van der Waals surface area contributed by atoms with Crippen LogP contribution in [-0.4, -0.2) is 68.2 Å². The molecule has 8 heteroatoms. The minimum Gasteiger partial charge on any atom is -0.480 e. The number of carbonyl (C=O) groups excluding carboxylic acids is 1. The standard InChI is InChI=1S/C19H31N5O3/c1-3-22-10-8-20-18(22)16-7-5-6-9-24(16)19(27)21-14-11-15(12-14)23(4-2)13-17(25)26/h8,10,14-16H,3-7,9,11-13H2,1-2H3,(H,21,27)(H,25,26). The normalized spacial score (nSPS) is 25.3. The first-order valence-electron chi connectivity index (χ1n) is 10.1. The van der Waals surface area contributed by atoms with Crippen LogP contribution in [0.3, 0.4) is 0 Å². The second-order valence-corrected chi connectivity index (χ2v) is 7.50. The number of rotatable bonds is 7. The van der Waals surface area contributed by atoms with Gasteiger partial charge < -0.3 is 19.9 Å². The van der Waals surface area contributed by atoms with E-state index in [1.54, 1.807) is 0 Å². The van der Waals surface area contributed by atoms with E-state index in [1.807, 2.05) is 29.1 Å². The van der Waals surface area contributed by atoms with E-state index in [4.69, 9.17) is 5.11 Å². The zero-order chi connectivity index (χ0) is 19.4. The largest absolute Gasteiger partial charge is 0.480 e. The summed E-state index contributed by atoms with van der Waals surface area (Å²) < 4.78 is 2.11. The van der Waals surface area contributed by atoms with Gasteiger partial charge in [0.25, 0.3) is 0 Å². The molecule has 1 aliphatic heterocycles. The fourth-order valence-electron chi connectivity index (χ4n) is 4.26. The van der Waals surface area contributed by atoms with Gasteiger partial charge in [-0.25, -0.2) is 9.78 Å². The zero-order valence-corrected chi connectivity index (χ0v) is 16.3. The number of hydrogen-bond donors (Lipinski definition) is 2. The molecule has 0 bridgehead atoms. The van der Waals surface area contributed by atoms with E-state index in [2.05, 4.69) is 21.8 Å². The highest BCUT2D eigenvalue weighted by Gasteiger charge is 2.37. The Bertz CT molecular complexity index is 656. The van der Waals surface area contributed by atoms with Crippen molar-refractivity contribution in [3.8, 4) is 0 Å². The molecule has 0 spiro atoms. The van der Waals surface area contributed by atoms with Gasteiger partial charge in [0.1, 0.15) is 5.82 Å². The number of urea groups is 1. The molecule has 0 aromatic carbocycles. The van der Waals surface area contributed by atoms with Crippen LogP contribution in [0.5, 0.6) is 0 Å². The minimum atomic E-state index is -0.799. The van der Waals surface area contributed by atoms with Gasteiger partial charge in [-0.15, -0.1) is 0 Å². The molecule has 0 radical (unpaired) electrons. The Morgan fingerprint density at radius 1 is 1.33 bits per heavy atom. The van der Waals surface area contributed by atoms with Crippen LogP contribution in [0.1, 0.15) is 57.8 Å². The van der Waals surface area contributed by atoms with E-state index in [1.165, 1.54) is 0 Å². The molecule has 2 fully saturated rings. The summed E-state index contributed by atoms with van der Waals surface area (Å²) in [6.45, 7) is 6.44. The van der Waals surface area contributed by atoms with E-state index in [0.29, 0.717) is 6.54 Å². The average molecular weight is 377 g/mol. The number of nitrogens with one attached hydrogen (secondary N) is 1. The number of aromatic nitrogens is 2. The minimum absolute atomic E-state index is 0.0184. The molecule has 2 aliphatic rings. The number of amides is 2. The van der Waals surface area contributed by atoms with Crippen molar-refractivity contribution in [1.82, 2.24) is 24.7 Å². The maximum atomic E-state index is 12.9. The average Bonchev–Trinajstić information content (AvgIpc) is 3.11. The third-order valence-corrected chi connectivity index (χ3v) is 5.85. The van der Waals surface area contributed by atoms with Gasteiger partial charge in [-0.1, -0.05) is 6.92 Å². The molecule has 1 aromatic rings. The van der Waals surface area contributed by atoms with Gasteiger partial charge in [-0.3, -0.25) is 9.69 Å². The van der Waals surface area contributed by atoms with Crippen LogP contribution in [-0.2, 0) is 11.3 Å². The molecular weight excluding hydrogens is 346 g/mol. The maximum absolute atomic E-state index is 12.9. The first-order valence-corrected chi connectivity index (χ1v) is 10.1. The van der Waals surface area contributed by atoms with Crippen molar-refractivity contribution >= 4 is 12.0 Å². The van der Waals surface area contributed by atoms with Crippen LogP contribution in [0.4, 0.5) is 4.79 Å². The van der Waals surface area contributed by atoms with E-state index in [0.717, 1.165) is 51.0 Å². The van der Waals surface area contributed by atoms with Gasteiger partial charge in [0.15, 0.2) is 0 Å². The molecule has 2 N–H and O–H groups in total. The Balaban J connectivity index is 1.56. The number of likely N-dealkylation sites (N-methyl/N-ethyl adjacent to an activating group) is 1. The quantitative estimate of drug-likeness (QED) is 0.759. The molecule has 1 saturated heterocycles. The predicted octanol–water partition coefficient (Wildman–Crippen LogP) is 2.08. The lowest BCUT2D eigenvalue weighted by Crippen LogP contribution is -2.57. The van der Waals surface area contributed by atoms with Crippen LogP contribution in [0, 0.1) is 0 Å². The van der Waals surface area contributed by atoms with Gasteiger partial charge in [0.2, 0.25) is 0 Å². The van der Waals surface area contributed by atoms with Crippen LogP contribution in [0.2, 0.25) is 0 Å². The predicted molar refractivity (Wildman–Crippen MR) is 101 cm³/mol. The van der Waals surface area contributed by atoms with Crippen molar-refractivity contribution in [2.75, 3.05) is 19.6 Å². The summed E-state index contributed by atoms with van der Waals surface area (Å²) in [5.74, 6) is 0.171. The van der Waals surface area contributed by atoms with Gasteiger partial charge in [-0.2, -0.15) is 0 Å². The van der Waals surface area contributed by atoms with E-state index < -0.39 is 5.97 Å². The SMILES string of the molecule is CCN(CC(=O)O)C1CC(NC(=O)N2CCCCC2c2nccn2CC)C1. The second kappa shape index (κ2) is 8.73. The summed E-state index contributed by atoms with van der Waals surface area (Å²) in [6.07, 6.45) is 8.48. The molecule has 2 heterocycles. The van der Waals surface area contributed by atoms with Gasteiger partial charge in [0.05, 0.1) is 12.6 Å². The Morgan fingerprint density at radius 2 is 2.11 bits per heavy atom. The van der Waals surface area contributed by atoms with E-state index in [-0.39, 0.29) is 30.7 Å². The van der Waals surface area contributed by atoms with Crippen molar-refractivity contribution in [1.29, 1.82) is 0 Å². The smallest absolute Gasteiger partial charge is 0.318 e. The van der Waals surface area contributed by atoms with Gasteiger partial charge in [-0.05, 0) is 45.6 Å². The van der Waals surface area contributed by atoms with E-state index >= 15 is 0 Å². The lowest BCUT2D eigenvalue weighted by Gasteiger charge is -2.44. The van der Waals surface area contributed by atoms with Crippen molar-refractivity contribution in [3.63, 3.8) is 0 Å². The number of imidazole rings is 1. The lowest BCUT2D eigenvalue weighted by molar-refractivity contribution is -0.139. The molecule has 1 unspecified atom stereocenters. The first kappa shape index (κ1) is 19.7. The van der Waals surface area contributed by atoms with Gasteiger partial charge in [0, 0.05) is 37.6 Å². The highest BCUT2D eigenvalue weighted by Crippen LogP contribution is 2.31. The Morgan fingerprint density at radius 3 is 2.78 bits per heavy atom. The molecule has 1 saturated carbocycles. The van der Waals surface area contributed by atoms with Gasteiger partial charge >= 0.3 is 12.0 Å². The number of nitrogens with zero attached hydrogens (tertiary/aromatic N) is 4. The molecule has 2 amide bonds. The molecule has 1 aliphatic carbocycles. The molecule has 1 atom stereocenters. The molecule has 150 valence electrons. The van der Waals surface area contributed by atoms with Crippen molar-refractivity contribution in [3.05, 3.63) is 18.2 Å². The number of carboxylic acid groups (broad SMARTS) is 1. The van der Waals surface area contributed by atoms with Crippen LogP contribution < -0.4 is 5.32 Å². The lowest BCUT2D eigenvalue weighted by atomic mass is 9.85. The van der Waals surface area contributed by atoms with E-state index in [9.17, 15) is 9.59 Å². The second-order valence-electron chi connectivity index (χ2n) is 7.50. The Labute approximate surface area is 160 Å². The summed E-state index contributed by atoms with van der Waals surface area (Å²) in [6, 6.07) is 0.380. The molecule has 3 rings (SSSR count). The maximum Gasteiger partial charge on any atom is 0.318 e. The highest BCUT2D eigenvalue weighted by molar-refractivity contribution is 5.75. The summed E-state index contributed by atoms with van der Waals surface area (Å²) >= 11 is 0. The topological polar surface area (TPSA) is 90.7 Å². The summed E-state index contributed by atoms with van der Waals surface area (Å²) in [5.41, 5.74) is 0. The third-order valence-electron chi connectivity index (χ3n) is 5.85. The molecule has 1 aromatic heterocycles.